The van der Waals surface area contributed by atoms with Crippen molar-refractivity contribution in [2.75, 3.05) is 36.5 Å². The zero-order valence-electron chi connectivity index (χ0n) is 21.0. The van der Waals surface area contributed by atoms with Gasteiger partial charge < -0.3 is 20.3 Å². The fourth-order valence-electron chi connectivity index (χ4n) is 4.96. The zero-order valence-corrected chi connectivity index (χ0v) is 21.7. The van der Waals surface area contributed by atoms with Crippen LogP contribution in [-0.2, 0) is 16.6 Å². The number of hydrogen-bond acceptors (Lipinski definition) is 6. The number of morpholine rings is 1. The van der Waals surface area contributed by atoms with E-state index in [1.54, 1.807) is 25.5 Å². The normalized spacial score (nSPS) is 18.1. The van der Waals surface area contributed by atoms with Crippen LogP contribution < -0.4 is 15.5 Å². The first-order valence-corrected chi connectivity index (χ1v) is 12.9. The highest BCUT2D eigenvalue weighted by Crippen LogP contribution is 2.58. The second kappa shape index (κ2) is 10.5. The molecule has 3 heterocycles. The summed E-state index contributed by atoms with van der Waals surface area (Å²) in [4.78, 5) is 33.8. The van der Waals surface area contributed by atoms with Crippen LogP contribution in [0.4, 0.5) is 11.5 Å². The molecule has 2 atom stereocenters. The van der Waals surface area contributed by atoms with E-state index in [1.165, 1.54) is 4.68 Å². The first-order chi connectivity index (χ1) is 17.9. The van der Waals surface area contributed by atoms with Crippen LogP contribution in [0.15, 0.2) is 54.9 Å². The smallest absolute Gasteiger partial charge is 0.270 e. The Morgan fingerprint density at radius 1 is 1.11 bits per heavy atom. The molecule has 1 saturated heterocycles. The van der Waals surface area contributed by atoms with Gasteiger partial charge in [-0.1, -0.05) is 36.7 Å². The molecule has 2 amide bonds. The van der Waals surface area contributed by atoms with Crippen molar-refractivity contribution in [1.29, 1.82) is 0 Å². The van der Waals surface area contributed by atoms with Gasteiger partial charge in [0.15, 0.2) is 0 Å². The largest absolute Gasteiger partial charge is 0.378 e. The van der Waals surface area contributed by atoms with Crippen LogP contribution in [0, 0.1) is 5.41 Å². The lowest BCUT2D eigenvalue weighted by Gasteiger charge is -2.33. The molecule has 0 bridgehead atoms. The zero-order chi connectivity index (χ0) is 26.0. The topological polar surface area (TPSA) is 101 Å². The Balaban J connectivity index is 1.43. The van der Waals surface area contributed by atoms with Crippen LogP contribution in [-0.4, -0.2) is 58.9 Å². The SMILES string of the molecule is Cn1nccc1C(=O)N[C@H](C(=O)Nc1ccc(N2CCOCC2)nc1)[C@H](c1ccccc1Cl)C1(C)CC1. The third-order valence-corrected chi connectivity index (χ3v) is 7.68. The molecule has 0 radical (unpaired) electrons. The van der Waals surface area contributed by atoms with Crippen LogP contribution in [0.25, 0.3) is 0 Å². The van der Waals surface area contributed by atoms with Gasteiger partial charge in [-0.25, -0.2) is 4.98 Å². The molecule has 9 nitrogen and oxygen atoms in total. The summed E-state index contributed by atoms with van der Waals surface area (Å²) in [6, 6.07) is 12.0. The molecule has 1 aromatic carbocycles. The van der Waals surface area contributed by atoms with Crippen LogP contribution in [0.3, 0.4) is 0 Å². The molecule has 2 fully saturated rings. The summed E-state index contributed by atoms with van der Waals surface area (Å²) in [5.41, 5.74) is 1.59. The third-order valence-electron chi connectivity index (χ3n) is 7.34. The van der Waals surface area contributed by atoms with Crippen LogP contribution in [0.1, 0.15) is 41.7 Å². The molecule has 2 N–H and O–H groups in total. The molecule has 0 unspecified atom stereocenters. The van der Waals surface area contributed by atoms with Crippen molar-refractivity contribution in [2.45, 2.75) is 31.7 Å². The molecule has 2 aliphatic rings. The van der Waals surface area contributed by atoms with Gasteiger partial charge in [-0.2, -0.15) is 5.10 Å². The number of pyridine rings is 1. The minimum absolute atomic E-state index is 0.175. The summed E-state index contributed by atoms with van der Waals surface area (Å²) in [6.07, 6.45) is 5.07. The summed E-state index contributed by atoms with van der Waals surface area (Å²) >= 11 is 6.63. The number of hydrogen-bond donors (Lipinski definition) is 2. The monoisotopic (exact) mass is 522 g/mol. The van der Waals surface area contributed by atoms with Crippen molar-refractivity contribution in [2.24, 2.45) is 12.5 Å². The lowest BCUT2D eigenvalue weighted by atomic mass is 9.78. The van der Waals surface area contributed by atoms with Gasteiger partial charge in [-0.3, -0.25) is 14.3 Å². The van der Waals surface area contributed by atoms with Gasteiger partial charge in [0.05, 0.1) is 25.1 Å². The predicted octanol–water partition coefficient (Wildman–Crippen LogP) is 3.63. The first kappa shape index (κ1) is 25.2. The van der Waals surface area contributed by atoms with Gasteiger partial charge in [-0.15, -0.1) is 0 Å². The number of nitrogens with zero attached hydrogens (tertiary/aromatic N) is 4. The van der Waals surface area contributed by atoms with Crippen LogP contribution in [0.5, 0.6) is 0 Å². The second-order valence-corrected chi connectivity index (χ2v) is 10.3. The second-order valence-electron chi connectivity index (χ2n) is 9.94. The molecule has 5 rings (SSSR count). The van der Waals surface area contributed by atoms with Crippen molar-refractivity contribution in [3.63, 3.8) is 0 Å². The summed E-state index contributed by atoms with van der Waals surface area (Å²) in [6.45, 7) is 5.02. The van der Waals surface area contributed by atoms with E-state index in [9.17, 15) is 9.59 Å². The Kier molecular flexibility index (Phi) is 7.17. The van der Waals surface area contributed by atoms with E-state index in [-0.39, 0.29) is 23.1 Å². The van der Waals surface area contributed by atoms with E-state index >= 15 is 0 Å². The summed E-state index contributed by atoms with van der Waals surface area (Å²) in [5, 5.41) is 10.7. The highest BCUT2D eigenvalue weighted by atomic mass is 35.5. The van der Waals surface area contributed by atoms with E-state index in [0.29, 0.717) is 29.6 Å². The fraction of sp³-hybridized carbons (Fsp3) is 0.407. The molecule has 3 aromatic rings. The van der Waals surface area contributed by atoms with E-state index in [0.717, 1.165) is 37.3 Å². The number of halogens is 1. The first-order valence-electron chi connectivity index (χ1n) is 12.5. The van der Waals surface area contributed by atoms with Gasteiger partial charge >= 0.3 is 0 Å². The number of carbonyl (C=O) groups is 2. The number of ether oxygens (including phenoxy) is 1. The van der Waals surface area contributed by atoms with Gasteiger partial charge in [0.25, 0.3) is 5.91 Å². The number of carbonyl (C=O) groups excluding carboxylic acids is 2. The average Bonchev–Trinajstić information content (AvgIpc) is 3.50. The van der Waals surface area contributed by atoms with Gasteiger partial charge in [0, 0.05) is 37.3 Å². The highest BCUT2D eigenvalue weighted by molar-refractivity contribution is 6.31. The molecule has 37 heavy (non-hydrogen) atoms. The van der Waals surface area contributed by atoms with Crippen molar-refractivity contribution in [3.05, 3.63) is 71.1 Å². The summed E-state index contributed by atoms with van der Waals surface area (Å²) in [5.74, 6) is -0.183. The number of benzene rings is 1. The lowest BCUT2D eigenvalue weighted by Crippen LogP contribution is -2.50. The molecular weight excluding hydrogens is 492 g/mol. The Labute approximate surface area is 221 Å². The molecule has 1 aliphatic carbocycles. The van der Waals surface area contributed by atoms with Gasteiger partial charge in [0.1, 0.15) is 17.6 Å². The standard InChI is InChI=1S/C27H31ClN6O3/c1-27(10-11-27)23(19-5-3-4-6-20(19)28)24(32-25(35)21-9-12-30-33(21)2)26(36)31-18-7-8-22(29-17-18)34-13-15-37-16-14-34/h3-9,12,17,23-24H,10-11,13-16H2,1-2H3,(H,31,36)(H,32,35)/t23-,24-/m0/s1. The summed E-state index contributed by atoms with van der Waals surface area (Å²) < 4.78 is 6.90. The minimum atomic E-state index is -0.867. The maximum Gasteiger partial charge on any atom is 0.270 e. The molecule has 1 saturated carbocycles. The molecule has 1 aliphatic heterocycles. The highest BCUT2D eigenvalue weighted by Gasteiger charge is 2.51. The van der Waals surface area contributed by atoms with Gasteiger partial charge in [0.2, 0.25) is 5.91 Å². The Hall–Kier alpha value is -3.43. The number of aryl methyl sites for hydroxylation is 1. The maximum atomic E-state index is 13.8. The minimum Gasteiger partial charge on any atom is -0.378 e. The molecular formula is C27H31ClN6O3. The molecule has 0 spiro atoms. The van der Waals surface area contributed by atoms with Crippen LogP contribution >= 0.6 is 11.6 Å². The quantitative estimate of drug-likeness (QED) is 0.468. The number of nitrogens with one attached hydrogen (secondary N) is 2. The van der Waals surface area contributed by atoms with E-state index in [4.69, 9.17) is 16.3 Å². The van der Waals surface area contributed by atoms with Crippen molar-refractivity contribution in [1.82, 2.24) is 20.1 Å². The average molecular weight is 523 g/mol. The van der Waals surface area contributed by atoms with E-state index in [2.05, 4.69) is 32.5 Å². The maximum absolute atomic E-state index is 13.8. The number of anilines is 2. The van der Waals surface area contributed by atoms with Crippen molar-refractivity contribution >= 4 is 34.9 Å². The third kappa shape index (κ3) is 5.47. The van der Waals surface area contributed by atoms with Gasteiger partial charge in [-0.05, 0) is 48.1 Å². The Morgan fingerprint density at radius 3 is 2.49 bits per heavy atom. The lowest BCUT2D eigenvalue weighted by molar-refractivity contribution is -0.119. The fourth-order valence-corrected chi connectivity index (χ4v) is 5.22. The predicted molar refractivity (Wildman–Crippen MR) is 142 cm³/mol. The molecule has 2 aromatic heterocycles. The number of aromatic nitrogens is 3. The Morgan fingerprint density at radius 2 is 1.86 bits per heavy atom. The Bertz CT molecular complexity index is 1270. The van der Waals surface area contributed by atoms with Crippen LogP contribution in [0.2, 0.25) is 5.02 Å². The van der Waals surface area contributed by atoms with E-state index in [1.807, 2.05) is 36.4 Å². The summed E-state index contributed by atoms with van der Waals surface area (Å²) in [7, 11) is 1.69. The number of amides is 2. The molecule has 194 valence electrons. The van der Waals surface area contributed by atoms with E-state index < -0.39 is 6.04 Å². The molecule has 10 heteroatoms. The van der Waals surface area contributed by atoms with Crippen molar-refractivity contribution in [3.8, 4) is 0 Å². The number of rotatable bonds is 8. The van der Waals surface area contributed by atoms with Crippen molar-refractivity contribution < 1.29 is 14.3 Å².